The predicted molar refractivity (Wildman–Crippen MR) is 69.2 cm³/mol. The molecule has 0 aromatic heterocycles. The second-order valence-electron chi connectivity index (χ2n) is 4.18. The van der Waals surface area contributed by atoms with Gasteiger partial charge in [-0.2, -0.15) is 0 Å². The van der Waals surface area contributed by atoms with E-state index in [0.717, 1.165) is 16.8 Å². The van der Waals surface area contributed by atoms with Crippen LogP contribution in [0.4, 0.5) is 10.1 Å². The Hall–Kier alpha value is -1.87. The Bertz CT molecular complexity index is 654. The van der Waals surface area contributed by atoms with Crippen molar-refractivity contribution in [3.8, 4) is 11.1 Å². The largest absolute Gasteiger partial charge is 0.326 e. The minimum atomic E-state index is -0.379. The molecule has 1 N–H and O–H groups in total. The van der Waals surface area contributed by atoms with Crippen LogP contribution >= 0.6 is 11.6 Å². The molecular weight excluding hydrogens is 253 g/mol. The van der Waals surface area contributed by atoms with Crippen LogP contribution in [0.5, 0.6) is 0 Å². The summed E-state index contributed by atoms with van der Waals surface area (Å²) in [6.07, 6.45) is 0.285. The molecule has 0 radical (unpaired) electrons. The van der Waals surface area contributed by atoms with Gasteiger partial charge in [0.05, 0.1) is 6.42 Å². The molecule has 0 aliphatic carbocycles. The van der Waals surface area contributed by atoms with Crippen LogP contribution in [0.15, 0.2) is 36.4 Å². The van der Waals surface area contributed by atoms with Crippen molar-refractivity contribution in [2.75, 3.05) is 5.32 Å². The fourth-order valence-electron chi connectivity index (χ4n) is 2.21. The number of nitrogens with one attached hydrogen (secondary N) is 1. The van der Waals surface area contributed by atoms with Crippen molar-refractivity contribution in [1.82, 2.24) is 0 Å². The maximum absolute atomic E-state index is 13.9. The lowest BCUT2D eigenvalue weighted by molar-refractivity contribution is -0.115. The van der Waals surface area contributed by atoms with Gasteiger partial charge in [0.2, 0.25) is 5.91 Å². The SMILES string of the molecule is O=C1Cc2c(cccc2-c2ccc(Cl)cc2F)N1. The number of carbonyl (C=O) groups excluding carboxylic acids is 1. The zero-order valence-corrected chi connectivity index (χ0v) is 10.1. The van der Waals surface area contributed by atoms with E-state index in [2.05, 4.69) is 5.32 Å². The fraction of sp³-hybridized carbons (Fsp3) is 0.0714. The number of anilines is 1. The van der Waals surface area contributed by atoms with Crippen molar-refractivity contribution >= 4 is 23.2 Å². The van der Waals surface area contributed by atoms with Crippen molar-refractivity contribution in [2.24, 2.45) is 0 Å². The normalized spacial score (nSPS) is 13.3. The maximum atomic E-state index is 13.9. The topological polar surface area (TPSA) is 29.1 Å². The van der Waals surface area contributed by atoms with E-state index in [-0.39, 0.29) is 18.1 Å². The number of carbonyl (C=O) groups is 1. The monoisotopic (exact) mass is 261 g/mol. The van der Waals surface area contributed by atoms with Crippen LogP contribution in [0, 0.1) is 5.82 Å². The van der Waals surface area contributed by atoms with E-state index in [9.17, 15) is 9.18 Å². The minimum Gasteiger partial charge on any atom is -0.326 e. The molecule has 2 nitrogen and oxygen atoms in total. The Morgan fingerprint density at radius 1 is 1.17 bits per heavy atom. The van der Waals surface area contributed by atoms with Crippen molar-refractivity contribution in [3.05, 3.63) is 52.8 Å². The summed E-state index contributed by atoms with van der Waals surface area (Å²) < 4.78 is 13.9. The molecule has 18 heavy (non-hydrogen) atoms. The highest BCUT2D eigenvalue weighted by Crippen LogP contribution is 2.35. The Balaban J connectivity index is 2.19. The van der Waals surface area contributed by atoms with Gasteiger partial charge in [-0.25, -0.2) is 4.39 Å². The summed E-state index contributed by atoms with van der Waals surface area (Å²) in [5.41, 5.74) is 2.79. The third-order valence-corrected chi connectivity index (χ3v) is 3.24. The van der Waals surface area contributed by atoms with Crippen molar-refractivity contribution in [3.63, 3.8) is 0 Å². The Morgan fingerprint density at radius 3 is 2.78 bits per heavy atom. The average Bonchev–Trinajstić information content (AvgIpc) is 2.69. The maximum Gasteiger partial charge on any atom is 0.228 e. The molecule has 1 heterocycles. The molecule has 1 aliphatic heterocycles. The molecular formula is C14H9ClFNO. The van der Waals surface area contributed by atoms with E-state index in [1.165, 1.54) is 6.07 Å². The van der Waals surface area contributed by atoms with E-state index in [1.54, 1.807) is 18.2 Å². The zero-order valence-electron chi connectivity index (χ0n) is 9.34. The first-order valence-corrected chi connectivity index (χ1v) is 5.90. The highest BCUT2D eigenvalue weighted by Gasteiger charge is 2.22. The molecule has 0 spiro atoms. The van der Waals surface area contributed by atoms with Crippen LogP contribution in [-0.2, 0) is 11.2 Å². The summed E-state index contributed by atoms with van der Waals surface area (Å²) in [4.78, 5) is 11.4. The molecule has 2 aromatic rings. The summed E-state index contributed by atoms with van der Waals surface area (Å²) in [5.74, 6) is -0.443. The number of fused-ring (bicyclic) bond motifs is 1. The number of benzene rings is 2. The van der Waals surface area contributed by atoms with Gasteiger partial charge in [-0.05, 0) is 35.4 Å². The quantitative estimate of drug-likeness (QED) is 0.834. The van der Waals surface area contributed by atoms with Crippen LogP contribution in [0.2, 0.25) is 5.02 Å². The molecule has 1 aliphatic rings. The summed E-state index contributed by atoms with van der Waals surface area (Å²) >= 11 is 5.74. The first-order valence-electron chi connectivity index (χ1n) is 5.52. The van der Waals surface area contributed by atoms with Crippen LogP contribution in [0.3, 0.4) is 0 Å². The van der Waals surface area contributed by atoms with E-state index in [4.69, 9.17) is 11.6 Å². The fourth-order valence-corrected chi connectivity index (χ4v) is 2.37. The van der Waals surface area contributed by atoms with E-state index < -0.39 is 0 Å². The highest BCUT2D eigenvalue weighted by molar-refractivity contribution is 6.30. The lowest BCUT2D eigenvalue weighted by atomic mass is 9.97. The van der Waals surface area contributed by atoms with Crippen molar-refractivity contribution < 1.29 is 9.18 Å². The lowest BCUT2D eigenvalue weighted by Crippen LogP contribution is -2.03. The number of halogens is 2. The molecule has 0 atom stereocenters. The summed E-state index contributed by atoms with van der Waals surface area (Å²) in [7, 11) is 0. The molecule has 4 heteroatoms. The first-order chi connectivity index (χ1) is 8.65. The summed E-state index contributed by atoms with van der Waals surface area (Å²) in [6, 6.07) is 9.98. The second-order valence-corrected chi connectivity index (χ2v) is 4.62. The van der Waals surface area contributed by atoms with Gasteiger partial charge in [0, 0.05) is 16.3 Å². The van der Waals surface area contributed by atoms with Gasteiger partial charge in [-0.3, -0.25) is 4.79 Å². The third kappa shape index (κ3) is 1.77. The van der Waals surface area contributed by atoms with Gasteiger partial charge in [-0.15, -0.1) is 0 Å². The summed E-state index contributed by atoms with van der Waals surface area (Å²) in [5, 5.41) is 3.11. The zero-order chi connectivity index (χ0) is 12.7. The molecule has 0 saturated carbocycles. The van der Waals surface area contributed by atoms with E-state index in [1.807, 2.05) is 12.1 Å². The van der Waals surface area contributed by atoms with E-state index >= 15 is 0 Å². The van der Waals surface area contributed by atoms with Gasteiger partial charge in [0.15, 0.2) is 0 Å². The Morgan fingerprint density at radius 2 is 2.00 bits per heavy atom. The molecule has 0 unspecified atom stereocenters. The van der Waals surface area contributed by atoms with Crippen LogP contribution < -0.4 is 5.32 Å². The molecule has 0 fully saturated rings. The van der Waals surface area contributed by atoms with Gasteiger partial charge in [-0.1, -0.05) is 23.7 Å². The van der Waals surface area contributed by atoms with E-state index in [0.29, 0.717) is 10.6 Å². The predicted octanol–water partition coefficient (Wildman–Crippen LogP) is 3.64. The van der Waals surface area contributed by atoms with Gasteiger partial charge in [0.1, 0.15) is 5.82 Å². The van der Waals surface area contributed by atoms with Gasteiger partial charge >= 0.3 is 0 Å². The number of rotatable bonds is 1. The molecule has 1 amide bonds. The Labute approximate surface area is 108 Å². The molecule has 0 saturated heterocycles. The molecule has 90 valence electrons. The number of amides is 1. The lowest BCUT2D eigenvalue weighted by Gasteiger charge is -2.08. The summed E-state index contributed by atoms with van der Waals surface area (Å²) in [6.45, 7) is 0. The first kappa shape index (κ1) is 11.2. The van der Waals surface area contributed by atoms with Crippen LogP contribution in [0.25, 0.3) is 11.1 Å². The third-order valence-electron chi connectivity index (χ3n) is 3.01. The molecule has 2 aromatic carbocycles. The van der Waals surface area contributed by atoms with Gasteiger partial charge in [0.25, 0.3) is 0 Å². The smallest absolute Gasteiger partial charge is 0.228 e. The van der Waals surface area contributed by atoms with Gasteiger partial charge < -0.3 is 5.32 Å². The van der Waals surface area contributed by atoms with Crippen LogP contribution in [0.1, 0.15) is 5.56 Å². The second kappa shape index (κ2) is 4.10. The minimum absolute atomic E-state index is 0.0631. The van der Waals surface area contributed by atoms with Crippen molar-refractivity contribution in [1.29, 1.82) is 0 Å². The number of hydrogen-bond acceptors (Lipinski definition) is 1. The van der Waals surface area contributed by atoms with Crippen molar-refractivity contribution in [2.45, 2.75) is 6.42 Å². The molecule has 0 bridgehead atoms. The standard InChI is InChI=1S/C14H9ClFNO/c15-8-4-5-10(12(16)6-8)9-2-1-3-13-11(9)7-14(18)17-13/h1-6H,7H2,(H,17,18). The highest BCUT2D eigenvalue weighted by atomic mass is 35.5. The Kier molecular flexibility index (Phi) is 2.56. The molecule has 3 rings (SSSR count). The van der Waals surface area contributed by atoms with Crippen LogP contribution in [-0.4, -0.2) is 5.91 Å². The average molecular weight is 262 g/mol. The number of hydrogen-bond donors (Lipinski definition) is 1.